The Morgan fingerprint density at radius 1 is 1.28 bits per heavy atom. The second-order valence-electron chi connectivity index (χ2n) is 6.01. The van der Waals surface area contributed by atoms with Gasteiger partial charge in [-0.3, -0.25) is 9.78 Å². The fraction of sp³-hybridized carbons (Fsp3) is 0.316. The number of aromatic carboxylic acids is 1. The van der Waals surface area contributed by atoms with E-state index in [0.717, 1.165) is 22.4 Å². The van der Waals surface area contributed by atoms with Crippen molar-refractivity contribution in [1.29, 1.82) is 0 Å². The van der Waals surface area contributed by atoms with Gasteiger partial charge in [-0.05, 0) is 35.6 Å². The number of hydrogen-bond acceptors (Lipinski definition) is 4. The zero-order valence-corrected chi connectivity index (χ0v) is 14.1. The highest BCUT2D eigenvalue weighted by atomic mass is 16.5. The summed E-state index contributed by atoms with van der Waals surface area (Å²) in [4.78, 5) is 29.6. The second kappa shape index (κ2) is 7.34. The molecular weight excluding hydrogens is 320 g/mol. The van der Waals surface area contributed by atoms with E-state index in [4.69, 9.17) is 4.74 Å². The molecular formula is C19H20N2O4. The van der Waals surface area contributed by atoms with E-state index in [1.165, 1.54) is 6.20 Å². The number of carbonyl (C=O) groups excluding carboxylic acids is 1. The highest BCUT2D eigenvalue weighted by molar-refractivity contribution is 5.89. The highest BCUT2D eigenvalue weighted by Gasteiger charge is 2.24. The maximum atomic E-state index is 12.5. The predicted molar refractivity (Wildman–Crippen MR) is 91.6 cm³/mol. The van der Waals surface area contributed by atoms with E-state index in [9.17, 15) is 14.7 Å². The van der Waals surface area contributed by atoms with Gasteiger partial charge < -0.3 is 14.7 Å². The summed E-state index contributed by atoms with van der Waals surface area (Å²) in [6, 6.07) is 7.67. The number of carbonyl (C=O) groups is 2. The standard InChI is InChI=1S/C19H20N2O4/c1-25-17-5-3-2-4-13(17)6-7-18(22)21-9-8-15-14(12-21)10-20-11-16(15)19(23)24/h2-5,10-11H,6-9,12H2,1H3,(H,23,24). The number of carboxylic acids is 1. The number of fused-ring (bicyclic) bond motifs is 1. The van der Waals surface area contributed by atoms with E-state index in [2.05, 4.69) is 4.98 Å². The first kappa shape index (κ1) is 17.0. The zero-order chi connectivity index (χ0) is 17.8. The highest BCUT2D eigenvalue weighted by Crippen LogP contribution is 2.23. The minimum atomic E-state index is -0.972. The number of aryl methyl sites for hydroxylation is 1. The maximum Gasteiger partial charge on any atom is 0.337 e. The molecule has 1 N–H and O–H groups in total. The Labute approximate surface area is 146 Å². The van der Waals surface area contributed by atoms with Crippen LogP contribution in [0.3, 0.4) is 0 Å². The van der Waals surface area contributed by atoms with Crippen LogP contribution in [0.5, 0.6) is 5.75 Å². The molecule has 2 heterocycles. The average molecular weight is 340 g/mol. The molecule has 25 heavy (non-hydrogen) atoms. The van der Waals surface area contributed by atoms with Crippen molar-refractivity contribution in [3.8, 4) is 5.75 Å². The Bertz CT molecular complexity index is 804. The Kier molecular flexibility index (Phi) is 4.97. The third-order valence-electron chi connectivity index (χ3n) is 4.52. The fourth-order valence-corrected chi connectivity index (χ4v) is 3.20. The molecule has 6 heteroatoms. The van der Waals surface area contributed by atoms with Crippen molar-refractivity contribution in [3.05, 3.63) is 58.9 Å². The van der Waals surface area contributed by atoms with Crippen LogP contribution in [0.2, 0.25) is 0 Å². The van der Waals surface area contributed by atoms with Gasteiger partial charge in [0.1, 0.15) is 5.75 Å². The molecule has 3 rings (SSSR count). The van der Waals surface area contributed by atoms with Crippen molar-refractivity contribution < 1.29 is 19.4 Å². The van der Waals surface area contributed by atoms with Gasteiger partial charge in [0.15, 0.2) is 0 Å². The molecule has 130 valence electrons. The third kappa shape index (κ3) is 3.63. The minimum absolute atomic E-state index is 0.0530. The summed E-state index contributed by atoms with van der Waals surface area (Å²) in [5.74, 6) is -0.132. The van der Waals surface area contributed by atoms with Crippen LogP contribution in [-0.4, -0.2) is 40.5 Å². The number of amides is 1. The third-order valence-corrected chi connectivity index (χ3v) is 4.52. The van der Waals surface area contributed by atoms with Crippen LogP contribution in [0.25, 0.3) is 0 Å². The predicted octanol–water partition coefficient (Wildman–Crippen LogP) is 2.31. The van der Waals surface area contributed by atoms with Gasteiger partial charge in [-0.15, -0.1) is 0 Å². The Morgan fingerprint density at radius 2 is 2.08 bits per heavy atom. The maximum absolute atomic E-state index is 12.5. The van der Waals surface area contributed by atoms with Crippen molar-refractivity contribution >= 4 is 11.9 Å². The molecule has 0 aliphatic carbocycles. The van der Waals surface area contributed by atoms with Crippen LogP contribution in [0.15, 0.2) is 36.7 Å². The lowest BCUT2D eigenvalue weighted by Gasteiger charge is -2.29. The number of pyridine rings is 1. The molecule has 0 bridgehead atoms. The molecule has 0 spiro atoms. The number of ether oxygens (including phenoxy) is 1. The lowest BCUT2D eigenvalue weighted by molar-refractivity contribution is -0.132. The summed E-state index contributed by atoms with van der Waals surface area (Å²) in [5, 5.41) is 9.24. The topological polar surface area (TPSA) is 79.7 Å². The van der Waals surface area contributed by atoms with Gasteiger partial charge in [-0.25, -0.2) is 4.79 Å². The van der Waals surface area contributed by atoms with Crippen molar-refractivity contribution in [3.63, 3.8) is 0 Å². The van der Waals surface area contributed by atoms with Gasteiger partial charge in [0.25, 0.3) is 0 Å². The molecule has 0 atom stereocenters. The molecule has 1 aliphatic heterocycles. The second-order valence-corrected chi connectivity index (χ2v) is 6.01. The van der Waals surface area contributed by atoms with Crippen LogP contribution >= 0.6 is 0 Å². The lowest BCUT2D eigenvalue weighted by Crippen LogP contribution is -2.36. The number of benzene rings is 1. The Morgan fingerprint density at radius 3 is 2.84 bits per heavy atom. The van der Waals surface area contributed by atoms with Gasteiger partial charge >= 0.3 is 5.97 Å². The Balaban J connectivity index is 1.67. The molecule has 0 radical (unpaired) electrons. The van der Waals surface area contributed by atoms with Crippen LogP contribution in [0.1, 0.15) is 33.5 Å². The number of para-hydroxylation sites is 1. The molecule has 1 aromatic carbocycles. The first-order chi connectivity index (χ1) is 12.1. The van der Waals surface area contributed by atoms with E-state index in [1.54, 1.807) is 18.2 Å². The number of hydrogen-bond donors (Lipinski definition) is 1. The van der Waals surface area contributed by atoms with Crippen molar-refractivity contribution in [2.75, 3.05) is 13.7 Å². The molecule has 0 unspecified atom stereocenters. The van der Waals surface area contributed by atoms with Gasteiger partial charge in [-0.1, -0.05) is 18.2 Å². The first-order valence-electron chi connectivity index (χ1n) is 8.19. The normalized spacial score (nSPS) is 13.2. The molecule has 1 amide bonds. The largest absolute Gasteiger partial charge is 0.496 e. The molecule has 0 saturated heterocycles. The molecule has 6 nitrogen and oxygen atoms in total. The van der Waals surface area contributed by atoms with E-state index < -0.39 is 5.97 Å². The zero-order valence-electron chi connectivity index (χ0n) is 14.1. The quantitative estimate of drug-likeness (QED) is 0.903. The summed E-state index contributed by atoms with van der Waals surface area (Å²) < 4.78 is 5.32. The minimum Gasteiger partial charge on any atom is -0.496 e. The summed E-state index contributed by atoms with van der Waals surface area (Å²) in [6.45, 7) is 0.941. The van der Waals surface area contributed by atoms with E-state index in [1.807, 2.05) is 24.3 Å². The number of carboxylic acid groups (broad SMARTS) is 1. The van der Waals surface area contributed by atoms with Crippen molar-refractivity contribution in [2.45, 2.75) is 25.8 Å². The lowest BCUT2D eigenvalue weighted by atomic mass is 9.96. The van der Waals surface area contributed by atoms with Gasteiger partial charge in [-0.2, -0.15) is 0 Å². The smallest absolute Gasteiger partial charge is 0.337 e. The summed E-state index contributed by atoms with van der Waals surface area (Å²) in [7, 11) is 1.62. The average Bonchev–Trinajstić information content (AvgIpc) is 2.65. The molecule has 0 fully saturated rings. The number of methoxy groups -OCH3 is 1. The van der Waals surface area contributed by atoms with Crippen molar-refractivity contribution in [2.24, 2.45) is 0 Å². The van der Waals surface area contributed by atoms with E-state index in [0.29, 0.717) is 32.4 Å². The van der Waals surface area contributed by atoms with Crippen LogP contribution < -0.4 is 4.74 Å². The first-order valence-corrected chi connectivity index (χ1v) is 8.19. The van der Waals surface area contributed by atoms with Gasteiger partial charge in [0.2, 0.25) is 5.91 Å². The van der Waals surface area contributed by atoms with Gasteiger partial charge in [0.05, 0.1) is 12.7 Å². The van der Waals surface area contributed by atoms with Crippen LogP contribution in [0, 0.1) is 0 Å². The van der Waals surface area contributed by atoms with Crippen LogP contribution in [-0.2, 0) is 24.2 Å². The monoisotopic (exact) mass is 340 g/mol. The summed E-state index contributed by atoms with van der Waals surface area (Å²) in [5.41, 5.74) is 2.84. The molecule has 1 aromatic heterocycles. The molecule has 2 aromatic rings. The number of nitrogens with zero attached hydrogens (tertiary/aromatic N) is 2. The molecule has 0 saturated carbocycles. The van der Waals surface area contributed by atoms with Gasteiger partial charge in [0, 0.05) is 31.9 Å². The van der Waals surface area contributed by atoms with Crippen molar-refractivity contribution in [1.82, 2.24) is 9.88 Å². The number of rotatable bonds is 5. The van der Waals surface area contributed by atoms with E-state index >= 15 is 0 Å². The Hall–Kier alpha value is -2.89. The fourth-order valence-electron chi connectivity index (χ4n) is 3.20. The number of aromatic nitrogens is 1. The molecule has 1 aliphatic rings. The van der Waals surface area contributed by atoms with Crippen LogP contribution in [0.4, 0.5) is 0 Å². The summed E-state index contributed by atoms with van der Waals surface area (Å²) >= 11 is 0. The summed E-state index contributed by atoms with van der Waals surface area (Å²) in [6.07, 6.45) is 4.57. The SMILES string of the molecule is COc1ccccc1CCC(=O)N1CCc2c(cncc2C(=O)O)C1. The van der Waals surface area contributed by atoms with E-state index in [-0.39, 0.29) is 11.5 Å².